The summed E-state index contributed by atoms with van der Waals surface area (Å²) in [6, 6.07) is 8.77. The third kappa shape index (κ3) is 3.91. The Morgan fingerprint density at radius 1 is 1.20 bits per heavy atom. The van der Waals surface area contributed by atoms with Crippen LogP contribution in [-0.2, 0) is 14.6 Å². The molecule has 0 spiro atoms. The second-order valence-electron chi connectivity index (χ2n) is 6.20. The molecule has 1 aliphatic heterocycles. The van der Waals surface area contributed by atoms with Gasteiger partial charge in [0.1, 0.15) is 11.8 Å². The number of carbonyl (C=O) groups excluding carboxylic acids is 1. The summed E-state index contributed by atoms with van der Waals surface area (Å²) in [4.78, 5) is 14.8. The van der Waals surface area contributed by atoms with E-state index in [1.165, 1.54) is 0 Å². The Hall–Kier alpha value is -2.19. The zero-order chi connectivity index (χ0) is 18.0. The topological polar surface area (TPSA) is 92.5 Å². The van der Waals surface area contributed by atoms with E-state index in [-0.39, 0.29) is 17.4 Å². The van der Waals surface area contributed by atoms with Crippen molar-refractivity contribution in [2.24, 2.45) is 0 Å². The number of nitrogens with zero attached hydrogens (tertiary/aromatic N) is 2. The highest BCUT2D eigenvalue weighted by Gasteiger charge is 2.33. The van der Waals surface area contributed by atoms with Crippen LogP contribution in [0.25, 0.3) is 0 Å². The van der Waals surface area contributed by atoms with Gasteiger partial charge >= 0.3 is 0 Å². The summed E-state index contributed by atoms with van der Waals surface area (Å²) in [5, 5.41) is 6.69. The lowest BCUT2D eigenvalue weighted by molar-refractivity contribution is -0.121. The number of rotatable bonds is 4. The number of benzene rings is 1. The lowest BCUT2D eigenvalue weighted by Crippen LogP contribution is -2.46. The Balaban J connectivity index is 1.86. The fourth-order valence-electron chi connectivity index (χ4n) is 2.87. The molecular weight excluding hydrogens is 342 g/mol. The largest absolute Gasteiger partial charge is 0.359 e. The zero-order valence-corrected chi connectivity index (χ0v) is 15.0. The molecular formula is C17H21N3O4S. The van der Waals surface area contributed by atoms with Crippen LogP contribution in [0, 0.1) is 13.8 Å². The van der Waals surface area contributed by atoms with E-state index < -0.39 is 15.9 Å². The quantitative estimate of drug-likeness (QED) is 0.889. The van der Waals surface area contributed by atoms with E-state index in [0.717, 1.165) is 11.1 Å². The molecule has 1 aromatic heterocycles. The standard InChI is InChI=1S/C17H21N3O4S/c1-12-13(2)24-19-16(12)18-17(21)15(14-6-4-3-5-7-14)20-8-10-25(22,23)11-9-20/h3-7,15H,8-11H2,1-2H3,(H,18,19,21). The van der Waals surface area contributed by atoms with E-state index in [9.17, 15) is 13.2 Å². The lowest BCUT2D eigenvalue weighted by Gasteiger charge is -2.33. The Morgan fingerprint density at radius 3 is 2.40 bits per heavy atom. The van der Waals surface area contributed by atoms with Crippen molar-refractivity contribution in [1.82, 2.24) is 10.1 Å². The molecule has 1 fully saturated rings. The fourth-order valence-corrected chi connectivity index (χ4v) is 4.10. The lowest BCUT2D eigenvalue weighted by atomic mass is 10.0. The van der Waals surface area contributed by atoms with E-state index in [1.807, 2.05) is 42.2 Å². The van der Waals surface area contributed by atoms with Crippen molar-refractivity contribution in [1.29, 1.82) is 0 Å². The maximum absolute atomic E-state index is 13.0. The summed E-state index contributed by atoms with van der Waals surface area (Å²) < 4.78 is 28.5. The average Bonchev–Trinajstić information content (AvgIpc) is 2.90. The highest BCUT2D eigenvalue weighted by atomic mass is 32.2. The number of aryl methyl sites for hydroxylation is 1. The number of amides is 1. The van der Waals surface area contributed by atoms with E-state index >= 15 is 0 Å². The molecule has 1 saturated heterocycles. The minimum Gasteiger partial charge on any atom is -0.359 e. The van der Waals surface area contributed by atoms with Crippen LogP contribution in [0.2, 0.25) is 0 Å². The molecule has 1 N–H and O–H groups in total. The second kappa shape index (κ2) is 6.97. The number of nitrogens with one attached hydrogen (secondary N) is 1. The summed E-state index contributed by atoms with van der Waals surface area (Å²) >= 11 is 0. The van der Waals surface area contributed by atoms with Crippen molar-refractivity contribution in [3.05, 3.63) is 47.2 Å². The molecule has 0 aliphatic carbocycles. The molecule has 0 bridgehead atoms. The first-order chi connectivity index (χ1) is 11.9. The van der Waals surface area contributed by atoms with Crippen LogP contribution >= 0.6 is 0 Å². The van der Waals surface area contributed by atoms with Gasteiger partial charge in [-0.25, -0.2) is 8.42 Å². The molecule has 7 nitrogen and oxygen atoms in total. The molecule has 1 aliphatic rings. The number of carbonyl (C=O) groups is 1. The van der Waals surface area contributed by atoms with Crippen LogP contribution in [0.1, 0.15) is 22.9 Å². The monoisotopic (exact) mass is 363 g/mol. The van der Waals surface area contributed by atoms with Crippen LogP contribution in [0.5, 0.6) is 0 Å². The predicted octanol–water partition coefficient (Wildman–Crippen LogP) is 1.70. The Kier molecular flexibility index (Phi) is 4.91. The first-order valence-corrected chi connectivity index (χ1v) is 9.93. The number of sulfone groups is 1. The minimum absolute atomic E-state index is 0.0612. The summed E-state index contributed by atoms with van der Waals surface area (Å²) in [5.41, 5.74) is 1.60. The van der Waals surface area contributed by atoms with Gasteiger partial charge < -0.3 is 9.84 Å². The number of aromatic nitrogens is 1. The van der Waals surface area contributed by atoms with Crippen LogP contribution in [0.15, 0.2) is 34.9 Å². The molecule has 2 aromatic rings. The molecule has 8 heteroatoms. The molecule has 3 rings (SSSR count). The summed E-state index contributed by atoms with van der Waals surface area (Å²) in [6.07, 6.45) is 0. The molecule has 134 valence electrons. The van der Waals surface area contributed by atoms with Crippen LogP contribution in [-0.4, -0.2) is 49.0 Å². The van der Waals surface area contributed by atoms with Gasteiger partial charge in [-0.1, -0.05) is 35.5 Å². The van der Waals surface area contributed by atoms with E-state index in [1.54, 1.807) is 6.92 Å². The molecule has 1 amide bonds. The first kappa shape index (κ1) is 17.6. The molecule has 0 radical (unpaired) electrons. The van der Waals surface area contributed by atoms with Gasteiger partial charge in [0.25, 0.3) is 0 Å². The molecule has 1 aromatic carbocycles. The van der Waals surface area contributed by atoms with E-state index in [2.05, 4.69) is 10.5 Å². The number of anilines is 1. The summed E-state index contributed by atoms with van der Waals surface area (Å²) in [5.74, 6) is 0.919. The molecule has 1 unspecified atom stereocenters. The van der Waals surface area contributed by atoms with E-state index in [4.69, 9.17) is 4.52 Å². The van der Waals surface area contributed by atoms with Crippen molar-refractivity contribution in [2.75, 3.05) is 29.9 Å². The molecule has 1 atom stereocenters. The van der Waals surface area contributed by atoms with Crippen molar-refractivity contribution in [2.45, 2.75) is 19.9 Å². The van der Waals surface area contributed by atoms with Crippen LogP contribution < -0.4 is 5.32 Å². The second-order valence-corrected chi connectivity index (χ2v) is 8.51. The Bertz CT molecular complexity index is 847. The molecule has 0 saturated carbocycles. The maximum atomic E-state index is 13.0. The normalized spacial score (nSPS) is 18.6. The summed E-state index contributed by atoms with van der Waals surface area (Å²) in [7, 11) is -3.02. The van der Waals surface area contributed by atoms with Gasteiger partial charge in [0.05, 0.1) is 11.5 Å². The van der Waals surface area contributed by atoms with Gasteiger partial charge in [-0.05, 0) is 19.4 Å². The highest BCUT2D eigenvalue weighted by Crippen LogP contribution is 2.26. The van der Waals surface area contributed by atoms with Crippen molar-refractivity contribution < 1.29 is 17.7 Å². The van der Waals surface area contributed by atoms with Gasteiger partial charge in [0, 0.05) is 18.7 Å². The smallest absolute Gasteiger partial charge is 0.247 e. The highest BCUT2D eigenvalue weighted by molar-refractivity contribution is 7.91. The van der Waals surface area contributed by atoms with Gasteiger partial charge in [0.15, 0.2) is 15.7 Å². The minimum atomic E-state index is -3.02. The average molecular weight is 363 g/mol. The third-order valence-corrected chi connectivity index (χ3v) is 6.12. The molecule has 2 heterocycles. The van der Waals surface area contributed by atoms with Crippen LogP contribution in [0.3, 0.4) is 0 Å². The Labute approximate surface area is 146 Å². The number of hydrogen-bond donors (Lipinski definition) is 1. The fraction of sp³-hybridized carbons (Fsp3) is 0.412. The maximum Gasteiger partial charge on any atom is 0.247 e. The Morgan fingerprint density at radius 2 is 1.84 bits per heavy atom. The van der Waals surface area contributed by atoms with E-state index in [0.29, 0.717) is 24.7 Å². The number of hydrogen-bond acceptors (Lipinski definition) is 6. The predicted molar refractivity (Wildman–Crippen MR) is 94.0 cm³/mol. The van der Waals surface area contributed by atoms with Gasteiger partial charge in [-0.3, -0.25) is 9.69 Å². The molecule has 25 heavy (non-hydrogen) atoms. The van der Waals surface area contributed by atoms with Gasteiger partial charge in [-0.2, -0.15) is 0 Å². The van der Waals surface area contributed by atoms with Crippen LogP contribution in [0.4, 0.5) is 5.82 Å². The first-order valence-electron chi connectivity index (χ1n) is 8.10. The zero-order valence-electron chi connectivity index (χ0n) is 14.2. The van der Waals surface area contributed by atoms with Crippen molar-refractivity contribution in [3.63, 3.8) is 0 Å². The van der Waals surface area contributed by atoms with Gasteiger partial charge in [0.2, 0.25) is 5.91 Å². The third-order valence-electron chi connectivity index (χ3n) is 4.51. The van der Waals surface area contributed by atoms with Crippen molar-refractivity contribution >= 4 is 21.6 Å². The van der Waals surface area contributed by atoms with Gasteiger partial charge in [-0.15, -0.1) is 0 Å². The summed E-state index contributed by atoms with van der Waals surface area (Å²) in [6.45, 7) is 4.26. The SMILES string of the molecule is Cc1onc(NC(=O)C(c2ccccc2)N2CCS(=O)(=O)CC2)c1C. The van der Waals surface area contributed by atoms with Crippen molar-refractivity contribution in [3.8, 4) is 0 Å².